The molecule has 14 heavy (non-hydrogen) atoms. The van der Waals surface area contributed by atoms with Crippen molar-refractivity contribution in [1.29, 1.82) is 0 Å². The maximum Gasteiger partial charge on any atom is 0.224 e. The van der Waals surface area contributed by atoms with Gasteiger partial charge in [-0.05, 0) is 22.0 Å². The molecule has 0 aromatic carbocycles. The lowest BCUT2D eigenvalue weighted by Gasteiger charge is -2.01. The first kappa shape index (κ1) is 9.67. The molecule has 0 aliphatic heterocycles. The van der Waals surface area contributed by atoms with Gasteiger partial charge in [0, 0.05) is 21.8 Å². The summed E-state index contributed by atoms with van der Waals surface area (Å²) in [6.07, 6.45) is 1.67. The average Bonchev–Trinajstić information content (AvgIpc) is 2.72. The lowest BCUT2D eigenvalue weighted by molar-refractivity contribution is 0.901. The number of aryl methyl sites for hydroxylation is 1. The summed E-state index contributed by atoms with van der Waals surface area (Å²) in [4.78, 5) is 1.26. The van der Waals surface area contributed by atoms with Gasteiger partial charge in [-0.1, -0.05) is 0 Å². The van der Waals surface area contributed by atoms with Crippen LogP contribution >= 0.6 is 27.3 Å². The summed E-state index contributed by atoms with van der Waals surface area (Å²) in [5.74, 6) is 0.787. The van der Waals surface area contributed by atoms with Gasteiger partial charge in [0.2, 0.25) is 5.95 Å². The molecule has 0 aliphatic rings. The minimum atomic E-state index is 0.781. The molecule has 6 heteroatoms. The quantitative estimate of drug-likeness (QED) is 0.932. The summed E-state index contributed by atoms with van der Waals surface area (Å²) < 4.78 is 2.97. The molecule has 2 aromatic rings. The van der Waals surface area contributed by atoms with E-state index in [9.17, 15) is 0 Å². The van der Waals surface area contributed by atoms with Crippen molar-refractivity contribution in [3.8, 4) is 0 Å². The van der Waals surface area contributed by atoms with Gasteiger partial charge < -0.3 is 9.88 Å². The Morgan fingerprint density at radius 3 is 3.07 bits per heavy atom. The van der Waals surface area contributed by atoms with Gasteiger partial charge in [-0.15, -0.1) is 21.5 Å². The van der Waals surface area contributed by atoms with Crippen LogP contribution < -0.4 is 5.32 Å². The van der Waals surface area contributed by atoms with Crippen molar-refractivity contribution in [3.63, 3.8) is 0 Å². The van der Waals surface area contributed by atoms with Gasteiger partial charge >= 0.3 is 0 Å². The second-order valence-electron chi connectivity index (χ2n) is 2.85. The second kappa shape index (κ2) is 4.10. The Morgan fingerprint density at radius 1 is 1.64 bits per heavy atom. The van der Waals surface area contributed by atoms with Gasteiger partial charge in [0.25, 0.3) is 0 Å². The van der Waals surface area contributed by atoms with Crippen LogP contribution in [0.1, 0.15) is 4.88 Å². The molecule has 0 aliphatic carbocycles. The fourth-order valence-electron chi connectivity index (χ4n) is 1.06. The summed E-state index contributed by atoms with van der Waals surface area (Å²) in [5, 5.41) is 13.0. The predicted molar refractivity (Wildman–Crippen MR) is 60.3 cm³/mol. The summed E-state index contributed by atoms with van der Waals surface area (Å²) in [7, 11) is 1.91. The molecule has 0 bridgehead atoms. The van der Waals surface area contributed by atoms with Crippen molar-refractivity contribution in [2.75, 3.05) is 5.32 Å². The zero-order valence-electron chi connectivity index (χ0n) is 7.57. The first-order valence-corrected chi connectivity index (χ1v) is 5.74. The zero-order valence-corrected chi connectivity index (χ0v) is 9.97. The van der Waals surface area contributed by atoms with Crippen molar-refractivity contribution >= 4 is 33.2 Å². The van der Waals surface area contributed by atoms with E-state index in [1.165, 1.54) is 4.88 Å². The average molecular weight is 273 g/mol. The van der Waals surface area contributed by atoms with E-state index in [2.05, 4.69) is 42.9 Å². The predicted octanol–water partition coefficient (Wildman–Crippen LogP) is 2.25. The molecule has 0 unspecified atom stereocenters. The van der Waals surface area contributed by atoms with E-state index in [4.69, 9.17) is 0 Å². The van der Waals surface area contributed by atoms with Crippen LogP contribution in [0, 0.1) is 0 Å². The molecule has 4 nitrogen and oxygen atoms in total. The molecule has 2 aromatic heterocycles. The Balaban J connectivity index is 1.98. The molecule has 74 valence electrons. The third-order valence-electron chi connectivity index (χ3n) is 1.75. The monoisotopic (exact) mass is 272 g/mol. The molecule has 0 fully saturated rings. The highest BCUT2D eigenvalue weighted by molar-refractivity contribution is 9.10. The SMILES string of the molecule is Cn1cnnc1NCc1cc(Br)cs1. The number of halogens is 1. The maximum atomic E-state index is 3.93. The van der Waals surface area contributed by atoms with E-state index in [0.717, 1.165) is 17.0 Å². The molecule has 1 N–H and O–H groups in total. The normalized spacial score (nSPS) is 10.4. The van der Waals surface area contributed by atoms with Crippen molar-refractivity contribution in [1.82, 2.24) is 14.8 Å². The van der Waals surface area contributed by atoms with Crippen molar-refractivity contribution in [2.24, 2.45) is 7.05 Å². The van der Waals surface area contributed by atoms with E-state index in [-0.39, 0.29) is 0 Å². The van der Waals surface area contributed by atoms with Gasteiger partial charge in [0.15, 0.2) is 0 Å². The van der Waals surface area contributed by atoms with E-state index in [1.807, 2.05) is 11.6 Å². The molecule has 2 heterocycles. The summed E-state index contributed by atoms with van der Waals surface area (Å²) in [6.45, 7) is 0.781. The molecule has 0 saturated heterocycles. The van der Waals surface area contributed by atoms with E-state index < -0.39 is 0 Å². The number of aromatic nitrogens is 3. The smallest absolute Gasteiger partial charge is 0.224 e. The fraction of sp³-hybridized carbons (Fsp3) is 0.250. The van der Waals surface area contributed by atoms with Crippen LogP contribution in [-0.2, 0) is 13.6 Å². The van der Waals surface area contributed by atoms with Crippen LogP contribution in [0.5, 0.6) is 0 Å². The van der Waals surface area contributed by atoms with E-state index >= 15 is 0 Å². The van der Waals surface area contributed by atoms with Crippen LogP contribution in [0.15, 0.2) is 22.2 Å². The summed E-state index contributed by atoms with van der Waals surface area (Å²) >= 11 is 5.13. The number of anilines is 1. The summed E-state index contributed by atoms with van der Waals surface area (Å²) in [6, 6.07) is 2.09. The molecule has 0 amide bonds. The largest absolute Gasteiger partial charge is 0.349 e. The Kier molecular flexibility index (Phi) is 2.83. The van der Waals surface area contributed by atoms with E-state index in [0.29, 0.717) is 0 Å². The molecular weight excluding hydrogens is 264 g/mol. The molecule has 2 rings (SSSR count). The van der Waals surface area contributed by atoms with Crippen LogP contribution in [0.3, 0.4) is 0 Å². The highest BCUT2D eigenvalue weighted by Gasteiger charge is 2.01. The van der Waals surface area contributed by atoms with E-state index in [1.54, 1.807) is 17.7 Å². The maximum absolute atomic E-state index is 3.93. The number of hydrogen-bond acceptors (Lipinski definition) is 4. The zero-order chi connectivity index (χ0) is 9.97. The van der Waals surface area contributed by atoms with Gasteiger partial charge in [-0.3, -0.25) is 0 Å². The minimum Gasteiger partial charge on any atom is -0.349 e. The van der Waals surface area contributed by atoms with Gasteiger partial charge in [0.05, 0.1) is 6.54 Å². The Labute approximate surface area is 94.1 Å². The number of rotatable bonds is 3. The van der Waals surface area contributed by atoms with Gasteiger partial charge in [-0.2, -0.15) is 0 Å². The second-order valence-corrected chi connectivity index (χ2v) is 4.76. The number of hydrogen-bond donors (Lipinski definition) is 1. The van der Waals surface area contributed by atoms with Crippen LogP contribution in [0.4, 0.5) is 5.95 Å². The lowest BCUT2D eigenvalue weighted by atomic mass is 10.5. The highest BCUT2D eigenvalue weighted by Crippen LogP contribution is 2.20. The molecule has 0 saturated carbocycles. The van der Waals surface area contributed by atoms with Crippen LogP contribution in [0.25, 0.3) is 0 Å². The highest BCUT2D eigenvalue weighted by atomic mass is 79.9. The Bertz CT molecular complexity index is 422. The van der Waals surface area contributed by atoms with Crippen LogP contribution in [-0.4, -0.2) is 14.8 Å². The standard InChI is InChI=1S/C8H9BrN4S/c1-13-5-11-12-8(13)10-3-7-2-6(9)4-14-7/h2,4-5H,3H2,1H3,(H,10,12). The van der Waals surface area contributed by atoms with Crippen molar-refractivity contribution < 1.29 is 0 Å². The Hall–Kier alpha value is -0.880. The van der Waals surface area contributed by atoms with Crippen molar-refractivity contribution in [2.45, 2.75) is 6.54 Å². The molecule has 0 spiro atoms. The van der Waals surface area contributed by atoms with Crippen molar-refractivity contribution in [3.05, 3.63) is 27.1 Å². The lowest BCUT2D eigenvalue weighted by Crippen LogP contribution is -2.03. The first-order valence-electron chi connectivity index (χ1n) is 4.06. The number of thiophene rings is 1. The first-order chi connectivity index (χ1) is 6.75. The number of nitrogens with one attached hydrogen (secondary N) is 1. The topological polar surface area (TPSA) is 42.7 Å². The molecular formula is C8H9BrN4S. The van der Waals surface area contributed by atoms with Crippen LogP contribution in [0.2, 0.25) is 0 Å². The third kappa shape index (κ3) is 2.13. The third-order valence-corrected chi connectivity index (χ3v) is 3.45. The Morgan fingerprint density at radius 2 is 2.50 bits per heavy atom. The number of nitrogens with zero attached hydrogens (tertiary/aromatic N) is 3. The molecule has 0 radical (unpaired) electrons. The van der Waals surface area contributed by atoms with Gasteiger partial charge in [0.1, 0.15) is 6.33 Å². The molecule has 0 atom stereocenters. The summed E-state index contributed by atoms with van der Waals surface area (Å²) in [5.41, 5.74) is 0. The fourth-order valence-corrected chi connectivity index (χ4v) is 2.45. The van der Waals surface area contributed by atoms with Gasteiger partial charge in [-0.25, -0.2) is 0 Å². The minimum absolute atomic E-state index is 0.781.